The van der Waals surface area contributed by atoms with Crippen molar-refractivity contribution in [2.45, 2.75) is 24.8 Å². The Bertz CT molecular complexity index is 152. The van der Waals surface area contributed by atoms with Gasteiger partial charge in [0.1, 0.15) is 12.3 Å². The van der Waals surface area contributed by atoms with Gasteiger partial charge in [-0.1, -0.05) is 0 Å². The van der Waals surface area contributed by atoms with E-state index in [1.54, 1.807) is 0 Å². The van der Waals surface area contributed by atoms with Crippen molar-refractivity contribution < 1.29 is 19.7 Å². The van der Waals surface area contributed by atoms with E-state index in [1.165, 1.54) is 7.11 Å². The number of methoxy groups -OCH3 is 1. The van der Waals surface area contributed by atoms with Crippen molar-refractivity contribution in [1.29, 1.82) is 0 Å². The van der Waals surface area contributed by atoms with E-state index in [1.807, 2.05) is 0 Å². The molecule has 0 amide bonds. The number of aliphatic hydroxyl groups is 1. The van der Waals surface area contributed by atoms with Crippen molar-refractivity contribution in [3.63, 3.8) is 0 Å². The van der Waals surface area contributed by atoms with Crippen molar-refractivity contribution >= 4 is 5.97 Å². The predicted molar refractivity (Wildman–Crippen MR) is 41.2 cm³/mol. The molecule has 0 rings (SSSR count). The summed E-state index contributed by atoms with van der Waals surface area (Å²) in [6, 6.07) is -1.11. The van der Waals surface area contributed by atoms with Gasteiger partial charge in [0.15, 0.2) is 0 Å². The normalized spacial score (nSPS) is 18.3. The summed E-state index contributed by atoms with van der Waals surface area (Å²) >= 11 is 0. The molecular weight excluding hydrogens is 164 g/mol. The second-order valence-corrected chi connectivity index (χ2v) is 2.45. The number of ether oxygens (including phenoxy) is 1. The number of carbonyl (C=O) groups is 1. The second kappa shape index (κ2) is 5.04. The summed E-state index contributed by atoms with van der Waals surface area (Å²) in [4.78, 5) is 10.2. The number of hydrogen-bond donors (Lipinski definition) is 4. The van der Waals surface area contributed by atoms with E-state index in [0.717, 1.165) is 0 Å². The number of carboxylic acids is 1. The summed E-state index contributed by atoms with van der Waals surface area (Å²) in [5.41, 5.74) is 10.4. The lowest BCUT2D eigenvalue weighted by molar-refractivity contribution is -0.139. The highest BCUT2D eigenvalue weighted by atomic mass is 16.5. The fraction of sp³-hybridized carbons (Fsp3) is 0.833. The molecule has 0 aliphatic rings. The molecule has 0 aromatic heterocycles. The van der Waals surface area contributed by atoms with Crippen LogP contribution in [0, 0.1) is 0 Å². The van der Waals surface area contributed by atoms with Crippen LogP contribution in [0.4, 0.5) is 0 Å². The molecule has 6 heteroatoms. The Labute approximate surface area is 70.1 Å². The molecule has 72 valence electrons. The van der Waals surface area contributed by atoms with E-state index >= 15 is 0 Å². The molecule has 0 aromatic rings. The first kappa shape index (κ1) is 11.3. The molecule has 0 saturated heterocycles. The molecule has 12 heavy (non-hydrogen) atoms. The maximum absolute atomic E-state index is 10.2. The third-order valence-corrected chi connectivity index (χ3v) is 1.46. The van der Waals surface area contributed by atoms with Crippen LogP contribution >= 0.6 is 0 Å². The van der Waals surface area contributed by atoms with Gasteiger partial charge in [0.05, 0.1) is 6.10 Å². The van der Waals surface area contributed by atoms with Crippen LogP contribution in [-0.2, 0) is 9.53 Å². The summed E-state index contributed by atoms with van der Waals surface area (Å²) < 4.78 is 4.57. The van der Waals surface area contributed by atoms with Crippen LogP contribution < -0.4 is 11.5 Å². The summed E-state index contributed by atoms with van der Waals surface area (Å²) in [6.45, 7) is 0. The Morgan fingerprint density at radius 1 is 1.58 bits per heavy atom. The van der Waals surface area contributed by atoms with Crippen molar-refractivity contribution in [2.75, 3.05) is 7.11 Å². The molecule has 0 bridgehead atoms. The van der Waals surface area contributed by atoms with Gasteiger partial charge in [-0.2, -0.15) is 0 Å². The highest BCUT2D eigenvalue weighted by Gasteiger charge is 2.21. The van der Waals surface area contributed by atoms with E-state index in [-0.39, 0.29) is 6.42 Å². The summed E-state index contributed by atoms with van der Waals surface area (Å²) in [5, 5.41) is 17.5. The zero-order valence-corrected chi connectivity index (χ0v) is 6.80. The number of nitrogens with two attached hydrogens (primary N) is 2. The number of hydrogen-bond acceptors (Lipinski definition) is 5. The summed E-state index contributed by atoms with van der Waals surface area (Å²) in [7, 11) is 1.32. The van der Waals surface area contributed by atoms with Gasteiger partial charge in [-0.15, -0.1) is 0 Å². The maximum atomic E-state index is 10.2. The molecule has 0 aromatic carbocycles. The largest absolute Gasteiger partial charge is 0.480 e. The first-order valence-electron chi connectivity index (χ1n) is 3.44. The third-order valence-electron chi connectivity index (χ3n) is 1.46. The average molecular weight is 178 g/mol. The fourth-order valence-electron chi connectivity index (χ4n) is 0.652. The molecule has 2 unspecified atom stereocenters. The monoisotopic (exact) mass is 178 g/mol. The Balaban J connectivity index is 3.83. The zero-order valence-electron chi connectivity index (χ0n) is 6.80. The lowest BCUT2D eigenvalue weighted by Gasteiger charge is -2.18. The van der Waals surface area contributed by atoms with E-state index in [4.69, 9.17) is 21.7 Å². The van der Waals surface area contributed by atoms with Gasteiger partial charge < -0.3 is 26.4 Å². The Hall–Kier alpha value is -0.690. The number of aliphatic carboxylic acids is 1. The van der Waals surface area contributed by atoms with Crippen LogP contribution in [0.25, 0.3) is 0 Å². The van der Waals surface area contributed by atoms with Crippen molar-refractivity contribution in [1.82, 2.24) is 0 Å². The Kier molecular flexibility index (Phi) is 4.75. The van der Waals surface area contributed by atoms with E-state index in [0.29, 0.717) is 0 Å². The van der Waals surface area contributed by atoms with Gasteiger partial charge in [0.25, 0.3) is 0 Å². The Morgan fingerprint density at radius 2 is 2.08 bits per heavy atom. The standard InChI is InChI=1S/C6H14N2O4/c1-12-5(8)4(9)2-3(7)6(10)11/h3-5,9H,2,7-8H2,1H3,(H,10,11)/t3-,4?,5?/m0/s1. The minimum Gasteiger partial charge on any atom is -0.480 e. The average Bonchev–Trinajstić information content (AvgIpc) is 2.02. The highest BCUT2D eigenvalue weighted by Crippen LogP contribution is 2.00. The number of rotatable bonds is 5. The minimum absolute atomic E-state index is 0.121. The molecule has 0 aliphatic carbocycles. The van der Waals surface area contributed by atoms with E-state index in [9.17, 15) is 4.79 Å². The van der Waals surface area contributed by atoms with Crippen LogP contribution in [0.5, 0.6) is 0 Å². The summed E-state index contributed by atoms with van der Waals surface area (Å²) in [6.07, 6.45) is -2.07. The molecule has 0 aliphatic heterocycles. The zero-order chi connectivity index (χ0) is 9.72. The molecule has 6 N–H and O–H groups in total. The van der Waals surface area contributed by atoms with Gasteiger partial charge in [0, 0.05) is 13.5 Å². The van der Waals surface area contributed by atoms with E-state index < -0.39 is 24.3 Å². The van der Waals surface area contributed by atoms with Crippen LogP contribution in [0.1, 0.15) is 6.42 Å². The molecule has 0 radical (unpaired) electrons. The van der Waals surface area contributed by atoms with E-state index in [2.05, 4.69) is 4.74 Å². The smallest absolute Gasteiger partial charge is 0.320 e. The first-order chi connectivity index (χ1) is 5.49. The molecule has 6 nitrogen and oxygen atoms in total. The Morgan fingerprint density at radius 3 is 2.42 bits per heavy atom. The van der Waals surface area contributed by atoms with Crippen molar-refractivity contribution in [3.8, 4) is 0 Å². The van der Waals surface area contributed by atoms with Crippen LogP contribution in [0.2, 0.25) is 0 Å². The maximum Gasteiger partial charge on any atom is 0.320 e. The third kappa shape index (κ3) is 3.63. The van der Waals surface area contributed by atoms with Gasteiger partial charge in [-0.05, 0) is 0 Å². The van der Waals surface area contributed by atoms with Crippen molar-refractivity contribution in [2.24, 2.45) is 11.5 Å². The second-order valence-electron chi connectivity index (χ2n) is 2.45. The van der Waals surface area contributed by atoms with Gasteiger partial charge in [0.2, 0.25) is 0 Å². The minimum atomic E-state index is -1.17. The van der Waals surface area contributed by atoms with Crippen LogP contribution in [-0.4, -0.2) is 41.7 Å². The molecule has 0 saturated carbocycles. The molecule has 3 atom stereocenters. The fourth-order valence-corrected chi connectivity index (χ4v) is 0.652. The topological polar surface area (TPSA) is 119 Å². The lowest BCUT2D eigenvalue weighted by atomic mass is 10.1. The number of aliphatic hydroxyl groups excluding tert-OH is 1. The van der Waals surface area contributed by atoms with Gasteiger partial charge in [-0.3, -0.25) is 4.79 Å². The molecule has 0 fully saturated rings. The number of carboxylic acid groups (broad SMARTS) is 1. The SMILES string of the molecule is COC(N)C(O)C[C@H](N)C(=O)O. The van der Waals surface area contributed by atoms with Crippen LogP contribution in [0.15, 0.2) is 0 Å². The lowest BCUT2D eigenvalue weighted by Crippen LogP contribution is -2.42. The van der Waals surface area contributed by atoms with Crippen molar-refractivity contribution in [3.05, 3.63) is 0 Å². The van der Waals surface area contributed by atoms with Crippen LogP contribution in [0.3, 0.4) is 0 Å². The predicted octanol–water partition coefficient (Wildman–Crippen LogP) is -1.92. The highest BCUT2D eigenvalue weighted by molar-refractivity contribution is 5.73. The first-order valence-corrected chi connectivity index (χ1v) is 3.44. The van der Waals surface area contributed by atoms with Gasteiger partial charge >= 0.3 is 5.97 Å². The van der Waals surface area contributed by atoms with Gasteiger partial charge in [-0.25, -0.2) is 0 Å². The quantitative estimate of drug-likeness (QED) is 0.364. The molecule has 0 heterocycles. The summed E-state index contributed by atoms with van der Waals surface area (Å²) in [5.74, 6) is -1.17. The molecular formula is C6H14N2O4. The molecule has 0 spiro atoms.